The van der Waals surface area contributed by atoms with Crippen LogP contribution < -0.4 is 11.2 Å². The lowest BCUT2D eigenvalue weighted by molar-refractivity contribution is 0.243. The molecule has 0 radical (unpaired) electrons. The molecule has 0 bridgehead atoms. The third-order valence-corrected chi connectivity index (χ3v) is 2.22. The van der Waals surface area contributed by atoms with Crippen LogP contribution in [0.3, 0.4) is 0 Å². The molecule has 0 amide bonds. The second-order valence-electron chi connectivity index (χ2n) is 3.48. The zero-order valence-corrected chi connectivity index (χ0v) is 9.55. The molecule has 0 aliphatic carbocycles. The van der Waals surface area contributed by atoms with Gasteiger partial charge in [-0.1, -0.05) is 17.7 Å². The van der Waals surface area contributed by atoms with E-state index in [1.54, 1.807) is 17.1 Å². The molecular formula is C10H15ClFN3. The predicted molar refractivity (Wildman–Crippen MR) is 60.0 cm³/mol. The van der Waals surface area contributed by atoms with E-state index in [2.05, 4.69) is 5.43 Å². The second kappa shape index (κ2) is 5.42. The minimum absolute atomic E-state index is 0.239. The fraction of sp³-hybridized carbons (Fsp3) is 0.400. The van der Waals surface area contributed by atoms with Gasteiger partial charge in [0.05, 0.1) is 6.04 Å². The van der Waals surface area contributed by atoms with Crippen molar-refractivity contribution < 1.29 is 4.39 Å². The molecule has 3 N–H and O–H groups in total. The van der Waals surface area contributed by atoms with E-state index in [-0.39, 0.29) is 11.9 Å². The van der Waals surface area contributed by atoms with Crippen molar-refractivity contribution in [2.75, 3.05) is 20.6 Å². The summed E-state index contributed by atoms with van der Waals surface area (Å²) in [5, 5.41) is 2.13. The highest BCUT2D eigenvalue weighted by Crippen LogP contribution is 2.20. The Kier molecular flexibility index (Phi) is 4.47. The molecule has 3 nitrogen and oxygen atoms in total. The van der Waals surface area contributed by atoms with Crippen molar-refractivity contribution in [3.8, 4) is 0 Å². The zero-order chi connectivity index (χ0) is 11.4. The summed E-state index contributed by atoms with van der Waals surface area (Å²) in [5.74, 6) is -0.340. The van der Waals surface area contributed by atoms with Crippen LogP contribution in [0.1, 0.15) is 11.6 Å². The second-order valence-corrected chi connectivity index (χ2v) is 3.91. The average Bonchev–Trinajstić information content (AvgIpc) is 2.14. The van der Waals surface area contributed by atoms with Gasteiger partial charge in [-0.25, -0.2) is 14.8 Å². The fourth-order valence-electron chi connectivity index (χ4n) is 1.34. The third-order valence-electron chi connectivity index (χ3n) is 1.99. The maximum absolute atomic E-state index is 13.5. The lowest BCUT2D eigenvalue weighted by Crippen LogP contribution is -2.38. The number of hydrogen-bond acceptors (Lipinski definition) is 3. The van der Waals surface area contributed by atoms with E-state index in [0.717, 1.165) is 0 Å². The summed E-state index contributed by atoms with van der Waals surface area (Å²) in [6.07, 6.45) is 0. The molecule has 15 heavy (non-hydrogen) atoms. The zero-order valence-electron chi connectivity index (χ0n) is 8.80. The Balaban J connectivity index is 2.91. The first-order valence-corrected chi connectivity index (χ1v) is 5.01. The van der Waals surface area contributed by atoms with Gasteiger partial charge in [0.25, 0.3) is 0 Å². The van der Waals surface area contributed by atoms with E-state index in [9.17, 15) is 4.39 Å². The van der Waals surface area contributed by atoms with Crippen LogP contribution in [0, 0.1) is 5.82 Å². The monoisotopic (exact) mass is 231 g/mol. The topological polar surface area (TPSA) is 41.3 Å². The lowest BCUT2D eigenvalue weighted by Gasteiger charge is -2.22. The van der Waals surface area contributed by atoms with Crippen LogP contribution >= 0.6 is 11.6 Å². The molecule has 1 rings (SSSR count). The number of nitrogens with zero attached hydrogens (tertiary/aromatic N) is 1. The molecule has 0 aliphatic heterocycles. The van der Waals surface area contributed by atoms with Crippen molar-refractivity contribution in [2.45, 2.75) is 6.04 Å². The number of benzene rings is 1. The van der Waals surface area contributed by atoms with Crippen molar-refractivity contribution in [3.05, 3.63) is 34.6 Å². The van der Waals surface area contributed by atoms with Gasteiger partial charge in [0.15, 0.2) is 0 Å². The Hall–Kier alpha value is -0.680. The van der Waals surface area contributed by atoms with Crippen molar-refractivity contribution in [1.29, 1.82) is 0 Å². The number of hydrazine groups is 1. The Morgan fingerprint density at radius 3 is 2.67 bits per heavy atom. The first-order chi connectivity index (χ1) is 7.04. The van der Waals surface area contributed by atoms with Gasteiger partial charge in [-0.05, 0) is 12.1 Å². The van der Waals surface area contributed by atoms with Crippen LogP contribution in [-0.4, -0.2) is 25.6 Å². The number of nitrogens with one attached hydrogen (secondary N) is 1. The Morgan fingerprint density at radius 2 is 2.20 bits per heavy atom. The fourth-order valence-corrected chi connectivity index (χ4v) is 1.50. The molecule has 1 unspecified atom stereocenters. The largest absolute Gasteiger partial charge is 0.329 e. The normalized spacial score (nSPS) is 13.2. The van der Waals surface area contributed by atoms with Crippen molar-refractivity contribution in [3.63, 3.8) is 0 Å². The minimum atomic E-state index is -0.340. The average molecular weight is 232 g/mol. The van der Waals surface area contributed by atoms with Crippen LogP contribution in [0.2, 0.25) is 5.02 Å². The van der Waals surface area contributed by atoms with Crippen LogP contribution in [0.15, 0.2) is 18.2 Å². The van der Waals surface area contributed by atoms with Crippen molar-refractivity contribution in [2.24, 2.45) is 5.73 Å². The lowest BCUT2D eigenvalue weighted by atomic mass is 10.1. The maximum Gasteiger partial charge on any atom is 0.129 e. The molecule has 5 heteroatoms. The van der Waals surface area contributed by atoms with Gasteiger partial charge in [-0.15, -0.1) is 0 Å². The summed E-state index contributed by atoms with van der Waals surface area (Å²) in [4.78, 5) is 0. The molecule has 0 heterocycles. The number of hydrogen-bond donors (Lipinski definition) is 2. The van der Waals surface area contributed by atoms with Gasteiger partial charge >= 0.3 is 0 Å². The molecule has 1 aromatic rings. The summed E-state index contributed by atoms with van der Waals surface area (Å²) >= 11 is 5.67. The summed E-state index contributed by atoms with van der Waals surface area (Å²) in [7, 11) is 3.66. The summed E-state index contributed by atoms with van der Waals surface area (Å²) in [5.41, 5.74) is 9.13. The Labute approximate surface area is 94.0 Å². The van der Waals surface area contributed by atoms with Gasteiger partial charge in [-0.3, -0.25) is 0 Å². The first kappa shape index (κ1) is 12.4. The highest BCUT2D eigenvalue weighted by atomic mass is 35.5. The van der Waals surface area contributed by atoms with Crippen LogP contribution in [0.5, 0.6) is 0 Å². The van der Waals surface area contributed by atoms with E-state index in [1.165, 1.54) is 6.07 Å². The smallest absolute Gasteiger partial charge is 0.129 e. The number of nitrogens with two attached hydrogens (primary N) is 1. The molecule has 1 aromatic carbocycles. The van der Waals surface area contributed by atoms with E-state index < -0.39 is 0 Å². The molecule has 0 saturated heterocycles. The van der Waals surface area contributed by atoms with E-state index in [0.29, 0.717) is 17.1 Å². The quantitative estimate of drug-likeness (QED) is 0.773. The maximum atomic E-state index is 13.5. The predicted octanol–water partition coefficient (Wildman–Crippen LogP) is 1.55. The van der Waals surface area contributed by atoms with Gasteiger partial charge in [0.2, 0.25) is 0 Å². The van der Waals surface area contributed by atoms with Crippen molar-refractivity contribution in [1.82, 2.24) is 10.4 Å². The van der Waals surface area contributed by atoms with E-state index in [1.807, 2.05) is 14.1 Å². The molecule has 0 saturated carbocycles. The molecule has 0 spiro atoms. The summed E-state index contributed by atoms with van der Waals surface area (Å²) in [6, 6.07) is 4.35. The molecule has 0 aromatic heterocycles. The molecule has 0 fully saturated rings. The molecule has 1 atom stereocenters. The van der Waals surface area contributed by atoms with Gasteiger partial charge in [0.1, 0.15) is 5.82 Å². The first-order valence-electron chi connectivity index (χ1n) is 4.63. The number of halogens is 2. The number of rotatable bonds is 4. The SMILES string of the molecule is CN(C)NC(CN)c1ccc(Cl)cc1F. The van der Waals surface area contributed by atoms with Crippen molar-refractivity contribution >= 4 is 11.6 Å². The van der Waals surface area contributed by atoms with Gasteiger partial charge < -0.3 is 5.73 Å². The third kappa shape index (κ3) is 3.43. The van der Waals surface area contributed by atoms with Gasteiger partial charge in [-0.2, -0.15) is 0 Å². The summed E-state index contributed by atoms with van der Waals surface area (Å²) in [6.45, 7) is 0.316. The standard InChI is InChI=1S/C10H15ClFN3/c1-15(2)14-10(6-13)8-4-3-7(11)5-9(8)12/h3-5,10,14H,6,13H2,1-2H3. The highest BCUT2D eigenvalue weighted by molar-refractivity contribution is 6.30. The van der Waals surface area contributed by atoms with E-state index in [4.69, 9.17) is 17.3 Å². The highest BCUT2D eigenvalue weighted by Gasteiger charge is 2.14. The van der Waals surface area contributed by atoms with Crippen LogP contribution in [0.4, 0.5) is 4.39 Å². The molecule has 0 aliphatic rings. The van der Waals surface area contributed by atoms with Crippen LogP contribution in [0.25, 0.3) is 0 Å². The van der Waals surface area contributed by atoms with Crippen LogP contribution in [-0.2, 0) is 0 Å². The summed E-state index contributed by atoms with van der Waals surface area (Å²) < 4.78 is 13.5. The van der Waals surface area contributed by atoms with E-state index >= 15 is 0 Å². The Morgan fingerprint density at radius 1 is 1.53 bits per heavy atom. The minimum Gasteiger partial charge on any atom is -0.329 e. The van der Waals surface area contributed by atoms with Gasteiger partial charge in [0, 0.05) is 31.2 Å². The molecule has 84 valence electrons. The Bertz CT molecular complexity index is 330. The molecular weight excluding hydrogens is 217 g/mol.